The fourth-order valence-corrected chi connectivity index (χ4v) is 4.61. The molecule has 0 atom stereocenters. The van der Waals surface area contributed by atoms with Gasteiger partial charge in [-0.2, -0.15) is 4.31 Å². The average Bonchev–Trinajstić information content (AvgIpc) is 2.82. The molecule has 0 radical (unpaired) electrons. The van der Waals surface area contributed by atoms with E-state index in [0.717, 1.165) is 22.1 Å². The molecule has 1 aromatic rings. The summed E-state index contributed by atoms with van der Waals surface area (Å²) in [7, 11) is -3.83. The molecule has 0 spiro atoms. The fourth-order valence-electron chi connectivity index (χ4n) is 1.66. The zero-order valence-electron chi connectivity index (χ0n) is 11.6. The number of nitrogens with zero attached hydrogens (tertiary/aromatic N) is 1. The van der Waals surface area contributed by atoms with Crippen molar-refractivity contribution in [3.05, 3.63) is 17.0 Å². The van der Waals surface area contributed by atoms with Gasteiger partial charge in [-0.3, -0.25) is 9.59 Å². The van der Waals surface area contributed by atoms with E-state index >= 15 is 0 Å². The lowest BCUT2D eigenvalue weighted by molar-refractivity contribution is -0.136. The van der Waals surface area contributed by atoms with Crippen molar-refractivity contribution in [1.29, 1.82) is 0 Å². The van der Waals surface area contributed by atoms with Gasteiger partial charge >= 0.3 is 5.97 Å². The van der Waals surface area contributed by atoms with Crippen LogP contribution in [0.25, 0.3) is 0 Å². The van der Waals surface area contributed by atoms with E-state index in [1.807, 2.05) is 6.92 Å². The Labute approximate surface area is 127 Å². The number of sulfonamides is 1. The molecule has 0 unspecified atom stereocenters. The van der Waals surface area contributed by atoms with E-state index in [-0.39, 0.29) is 23.7 Å². The van der Waals surface area contributed by atoms with Gasteiger partial charge in [0.15, 0.2) is 0 Å². The number of hydrogen-bond acceptors (Lipinski definition) is 5. The summed E-state index contributed by atoms with van der Waals surface area (Å²) in [5.74, 6) is -1.75. The summed E-state index contributed by atoms with van der Waals surface area (Å²) in [4.78, 5) is 22.1. The summed E-state index contributed by atoms with van der Waals surface area (Å²) >= 11 is 0.894. The Kier molecular flexibility index (Phi) is 6.31. The first-order chi connectivity index (χ1) is 9.77. The quantitative estimate of drug-likeness (QED) is 0.687. The Morgan fingerprint density at radius 2 is 2.05 bits per heavy atom. The van der Waals surface area contributed by atoms with Crippen LogP contribution in [0.5, 0.6) is 0 Å². The minimum atomic E-state index is -3.83. The molecular formula is C12H18N2O5S2. The maximum absolute atomic E-state index is 12.5. The van der Waals surface area contributed by atoms with Crippen LogP contribution in [0.2, 0.25) is 0 Å². The highest BCUT2D eigenvalue weighted by atomic mass is 32.2. The van der Waals surface area contributed by atoms with E-state index in [9.17, 15) is 18.0 Å². The number of hydrogen-bond donors (Lipinski definition) is 2. The molecule has 1 aromatic heterocycles. The fraction of sp³-hybridized carbons (Fsp3) is 0.500. The predicted octanol–water partition coefficient (Wildman–Crippen LogP) is 0.651. The van der Waals surface area contributed by atoms with Crippen molar-refractivity contribution in [2.24, 2.45) is 5.73 Å². The summed E-state index contributed by atoms with van der Waals surface area (Å²) in [5, 5.41) is 8.71. The van der Waals surface area contributed by atoms with Crippen molar-refractivity contribution >= 4 is 33.2 Å². The topological polar surface area (TPSA) is 118 Å². The van der Waals surface area contributed by atoms with Crippen LogP contribution in [0, 0.1) is 0 Å². The Morgan fingerprint density at radius 1 is 1.38 bits per heavy atom. The summed E-state index contributed by atoms with van der Waals surface area (Å²) in [6.07, 6.45) is 1.16. The number of carboxylic acids is 1. The number of thiophene rings is 1. The highest BCUT2D eigenvalue weighted by Gasteiger charge is 2.27. The largest absolute Gasteiger partial charge is 0.481 e. The van der Waals surface area contributed by atoms with Crippen molar-refractivity contribution in [2.75, 3.05) is 13.1 Å². The summed E-state index contributed by atoms with van der Waals surface area (Å²) < 4.78 is 26.0. The first kappa shape index (κ1) is 17.6. The van der Waals surface area contributed by atoms with Gasteiger partial charge in [-0.15, -0.1) is 11.3 Å². The molecule has 0 aliphatic carbocycles. The maximum atomic E-state index is 12.5. The number of carbonyl (C=O) groups excluding carboxylic acids is 1. The molecule has 0 saturated carbocycles. The zero-order valence-corrected chi connectivity index (χ0v) is 13.2. The van der Waals surface area contributed by atoms with Crippen LogP contribution in [0.3, 0.4) is 0 Å². The molecule has 0 fully saturated rings. The van der Waals surface area contributed by atoms with Gasteiger partial charge in [-0.25, -0.2) is 8.42 Å². The highest BCUT2D eigenvalue weighted by molar-refractivity contribution is 7.91. The van der Waals surface area contributed by atoms with E-state index < -0.39 is 21.9 Å². The Hall–Kier alpha value is -1.45. The molecule has 9 heteroatoms. The molecule has 21 heavy (non-hydrogen) atoms. The van der Waals surface area contributed by atoms with Gasteiger partial charge in [0.05, 0.1) is 13.0 Å². The van der Waals surface area contributed by atoms with E-state index in [0.29, 0.717) is 11.3 Å². The first-order valence-electron chi connectivity index (χ1n) is 6.36. The SMILES string of the molecule is CCCCN(CC(N)=O)S(=O)(=O)c1ccc(CC(=O)O)s1. The average molecular weight is 334 g/mol. The second-order valence-electron chi connectivity index (χ2n) is 4.45. The Morgan fingerprint density at radius 3 is 2.57 bits per heavy atom. The van der Waals surface area contributed by atoms with E-state index in [4.69, 9.17) is 10.8 Å². The van der Waals surface area contributed by atoms with Crippen molar-refractivity contribution in [3.63, 3.8) is 0 Å². The van der Waals surface area contributed by atoms with Crippen LogP contribution in [0.15, 0.2) is 16.3 Å². The molecule has 3 N–H and O–H groups in total. The molecule has 0 aromatic carbocycles. The van der Waals surface area contributed by atoms with Crippen molar-refractivity contribution in [3.8, 4) is 0 Å². The van der Waals surface area contributed by atoms with Crippen LogP contribution in [0.1, 0.15) is 24.6 Å². The maximum Gasteiger partial charge on any atom is 0.308 e. The standard InChI is InChI=1S/C12H18N2O5S2/c1-2-3-6-14(8-10(13)15)21(18,19)12-5-4-9(20-12)7-11(16)17/h4-5H,2-3,6-8H2,1H3,(H2,13,15)(H,16,17). The molecule has 1 rings (SSSR count). The summed E-state index contributed by atoms with van der Waals surface area (Å²) in [6, 6.07) is 2.83. The third-order valence-electron chi connectivity index (χ3n) is 2.65. The Bertz CT molecular complexity index is 609. The summed E-state index contributed by atoms with van der Waals surface area (Å²) in [6.45, 7) is 1.73. The number of rotatable bonds is 9. The van der Waals surface area contributed by atoms with Crippen LogP contribution < -0.4 is 5.73 Å². The van der Waals surface area contributed by atoms with Crippen molar-refractivity contribution in [1.82, 2.24) is 4.31 Å². The number of aliphatic carboxylic acids is 1. The van der Waals surface area contributed by atoms with E-state index in [1.165, 1.54) is 12.1 Å². The van der Waals surface area contributed by atoms with Crippen LogP contribution >= 0.6 is 11.3 Å². The summed E-state index contributed by atoms with van der Waals surface area (Å²) in [5.41, 5.74) is 5.09. The van der Waals surface area contributed by atoms with Gasteiger partial charge < -0.3 is 10.8 Å². The van der Waals surface area contributed by atoms with E-state index in [1.54, 1.807) is 0 Å². The highest BCUT2D eigenvalue weighted by Crippen LogP contribution is 2.25. The molecule has 1 heterocycles. The van der Waals surface area contributed by atoms with Crippen LogP contribution in [-0.2, 0) is 26.0 Å². The van der Waals surface area contributed by atoms with Gasteiger partial charge in [0.2, 0.25) is 5.91 Å². The lowest BCUT2D eigenvalue weighted by Crippen LogP contribution is -2.38. The Balaban J connectivity index is 3.00. The molecule has 0 aliphatic heterocycles. The number of amides is 1. The van der Waals surface area contributed by atoms with Gasteiger partial charge in [0.25, 0.3) is 10.0 Å². The van der Waals surface area contributed by atoms with Gasteiger partial charge in [-0.1, -0.05) is 13.3 Å². The first-order valence-corrected chi connectivity index (χ1v) is 8.62. The van der Waals surface area contributed by atoms with Crippen molar-refractivity contribution in [2.45, 2.75) is 30.4 Å². The smallest absolute Gasteiger partial charge is 0.308 e. The molecule has 7 nitrogen and oxygen atoms in total. The molecular weight excluding hydrogens is 316 g/mol. The molecule has 118 valence electrons. The van der Waals surface area contributed by atoms with Crippen LogP contribution in [0.4, 0.5) is 0 Å². The van der Waals surface area contributed by atoms with Gasteiger partial charge in [0.1, 0.15) is 4.21 Å². The normalized spacial score (nSPS) is 11.7. The second-order valence-corrected chi connectivity index (χ2v) is 7.78. The van der Waals surface area contributed by atoms with Crippen LogP contribution in [-0.4, -0.2) is 42.8 Å². The van der Waals surface area contributed by atoms with E-state index in [2.05, 4.69) is 0 Å². The predicted molar refractivity (Wildman–Crippen MR) is 78.5 cm³/mol. The van der Waals surface area contributed by atoms with Crippen molar-refractivity contribution < 1.29 is 23.1 Å². The second kappa shape index (κ2) is 7.53. The lowest BCUT2D eigenvalue weighted by atomic mass is 10.3. The zero-order chi connectivity index (χ0) is 16.0. The number of unbranched alkanes of at least 4 members (excludes halogenated alkanes) is 1. The number of carboxylic acid groups (broad SMARTS) is 1. The number of nitrogens with two attached hydrogens (primary N) is 1. The van der Waals surface area contributed by atoms with Gasteiger partial charge in [0, 0.05) is 11.4 Å². The third-order valence-corrected chi connectivity index (χ3v) is 6.05. The molecule has 0 saturated heterocycles. The molecule has 0 aliphatic rings. The van der Waals surface area contributed by atoms with Gasteiger partial charge in [-0.05, 0) is 18.6 Å². The number of primary amides is 1. The lowest BCUT2D eigenvalue weighted by Gasteiger charge is -2.19. The third kappa shape index (κ3) is 5.10. The minimum Gasteiger partial charge on any atom is -0.481 e. The monoisotopic (exact) mass is 334 g/mol. The molecule has 0 bridgehead atoms. The number of carbonyl (C=O) groups is 2. The minimum absolute atomic E-state index is 0.0242. The molecule has 1 amide bonds.